The summed E-state index contributed by atoms with van der Waals surface area (Å²) in [6.45, 7) is 1.21. The van der Waals surface area contributed by atoms with Crippen LogP contribution in [0.25, 0.3) is 0 Å². The van der Waals surface area contributed by atoms with Crippen LogP contribution in [-0.2, 0) is 21.2 Å². The third-order valence-corrected chi connectivity index (χ3v) is 5.27. The minimum atomic E-state index is -4.01. The Morgan fingerprint density at radius 1 is 1.57 bits per heavy atom. The predicted octanol–water partition coefficient (Wildman–Crippen LogP) is 0.898. The number of alkyl halides is 1. The smallest absolute Gasteiger partial charge is 0.371 e. The van der Waals surface area contributed by atoms with Crippen molar-refractivity contribution in [3.05, 3.63) is 17.6 Å². The molecular formula is C12H16FNO6S. The van der Waals surface area contributed by atoms with Gasteiger partial charge in [-0.15, -0.1) is 0 Å². The van der Waals surface area contributed by atoms with Gasteiger partial charge in [-0.2, -0.15) is 4.31 Å². The average molecular weight is 321 g/mol. The molecule has 0 unspecified atom stereocenters. The van der Waals surface area contributed by atoms with Crippen molar-refractivity contribution in [2.24, 2.45) is 0 Å². The zero-order valence-electron chi connectivity index (χ0n) is 11.6. The molecule has 2 rings (SSSR count). The number of aryl methyl sites for hydroxylation is 1. The van der Waals surface area contributed by atoms with E-state index in [9.17, 15) is 17.6 Å². The molecule has 0 spiro atoms. The topological polar surface area (TPSA) is 97.0 Å². The summed E-state index contributed by atoms with van der Waals surface area (Å²) < 4.78 is 49.5. The van der Waals surface area contributed by atoms with Gasteiger partial charge >= 0.3 is 5.97 Å². The van der Waals surface area contributed by atoms with Crippen molar-refractivity contribution in [3.63, 3.8) is 0 Å². The molecule has 1 aliphatic heterocycles. The van der Waals surface area contributed by atoms with Gasteiger partial charge in [-0.25, -0.2) is 17.6 Å². The summed E-state index contributed by atoms with van der Waals surface area (Å²) in [5, 5.41) is 8.89. The lowest BCUT2D eigenvalue weighted by molar-refractivity contribution is 0.0637. The molecule has 0 radical (unpaired) electrons. The first-order valence-electron chi connectivity index (χ1n) is 6.34. The number of sulfonamides is 1. The first kappa shape index (κ1) is 15.9. The highest BCUT2D eigenvalue weighted by Gasteiger charge is 2.41. The van der Waals surface area contributed by atoms with Crippen molar-refractivity contribution in [1.29, 1.82) is 0 Å². The summed E-state index contributed by atoms with van der Waals surface area (Å²) in [6, 6.07) is 0.962. The first-order valence-corrected chi connectivity index (χ1v) is 7.78. The zero-order valence-corrected chi connectivity index (χ0v) is 12.4. The van der Waals surface area contributed by atoms with Gasteiger partial charge in [0.15, 0.2) is 0 Å². The van der Waals surface area contributed by atoms with Gasteiger partial charge in [0, 0.05) is 32.7 Å². The van der Waals surface area contributed by atoms with Gasteiger partial charge in [-0.3, -0.25) is 0 Å². The SMILES string of the molecule is CCc1oc(C(=O)O)cc1S(=O)(=O)N1C[C@@H](F)[C@H](OC)C1. The van der Waals surface area contributed by atoms with Crippen LogP contribution in [0, 0.1) is 0 Å². The fourth-order valence-electron chi connectivity index (χ4n) is 2.24. The molecule has 21 heavy (non-hydrogen) atoms. The number of nitrogens with zero attached hydrogens (tertiary/aromatic N) is 1. The van der Waals surface area contributed by atoms with E-state index >= 15 is 0 Å². The molecule has 7 nitrogen and oxygen atoms in total. The maximum absolute atomic E-state index is 13.7. The third kappa shape index (κ3) is 2.81. The van der Waals surface area contributed by atoms with Crippen LogP contribution < -0.4 is 0 Å². The third-order valence-electron chi connectivity index (χ3n) is 3.39. The van der Waals surface area contributed by atoms with Crippen molar-refractivity contribution in [2.45, 2.75) is 30.5 Å². The lowest BCUT2D eigenvalue weighted by Gasteiger charge is -2.15. The number of aromatic carboxylic acids is 1. The van der Waals surface area contributed by atoms with E-state index in [2.05, 4.69) is 0 Å². The Morgan fingerprint density at radius 3 is 2.71 bits per heavy atom. The number of carboxylic acid groups (broad SMARTS) is 1. The van der Waals surface area contributed by atoms with Crippen LogP contribution in [0.1, 0.15) is 23.2 Å². The van der Waals surface area contributed by atoms with Crippen LogP contribution in [0.3, 0.4) is 0 Å². The van der Waals surface area contributed by atoms with Crippen LogP contribution >= 0.6 is 0 Å². The van der Waals surface area contributed by atoms with E-state index in [0.29, 0.717) is 0 Å². The number of rotatable bonds is 5. The zero-order chi connectivity index (χ0) is 15.8. The second-order valence-corrected chi connectivity index (χ2v) is 6.58. The average Bonchev–Trinajstić information content (AvgIpc) is 3.02. The summed E-state index contributed by atoms with van der Waals surface area (Å²) in [7, 11) is -2.70. The van der Waals surface area contributed by atoms with Gasteiger partial charge in [0.25, 0.3) is 0 Å². The van der Waals surface area contributed by atoms with Crippen molar-refractivity contribution in [2.75, 3.05) is 20.2 Å². The van der Waals surface area contributed by atoms with Crippen molar-refractivity contribution >= 4 is 16.0 Å². The number of ether oxygens (including phenoxy) is 1. The van der Waals surface area contributed by atoms with Gasteiger partial charge in [-0.05, 0) is 0 Å². The standard InChI is InChI=1S/C12H16FNO6S/c1-3-8-11(4-9(20-8)12(15)16)21(17,18)14-5-7(13)10(6-14)19-2/h4,7,10H,3,5-6H2,1-2H3,(H,15,16)/t7-,10-/m1/s1. The Hall–Kier alpha value is -1.45. The summed E-state index contributed by atoms with van der Waals surface area (Å²) in [4.78, 5) is 10.7. The molecule has 1 saturated heterocycles. The molecule has 118 valence electrons. The maximum Gasteiger partial charge on any atom is 0.371 e. The molecule has 2 heterocycles. The molecule has 0 aromatic carbocycles. The van der Waals surface area contributed by atoms with E-state index in [4.69, 9.17) is 14.3 Å². The van der Waals surface area contributed by atoms with E-state index in [0.717, 1.165) is 10.4 Å². The van der Waals surface area contributed by atoms with E-state index in [-0.39, 0.29) is 30.2 Å². The van der Waals surface area contributed by atoms with Gasteiger partial charge in [-0.1, -0.05) is 6.92 Å². The highest BCUT2D eigenvalue weighted by Crippen LogP contribution is 2.28. The quantitative estimate of drug-likeness (QED) is 0.865. The molecule has 1 aromatic heterocycles. The van der Waals surface area contributed by atoms with Gasteiger partial charge in [0.2, 0.25) is 15.8 Å². The number of carbonyl (C=O) groups is 1. The van der Waals surface area contributed by atoms with Crippen molar-refractivity contribution in [1.82, 2.24) is 4.31 Å². The van der Waals surface area contributed by atoms with E-state index in [1.165, 1.54) is 7.11 Å². The number of hydrogen-bond donors (Lipinski definition) is 1. The largest absolute Gasteiger partial charge is 0.475 e. The van der Waals surface area contributed by atoms with Crippen LogP contribution in [0.5, 0.6) is 0 Å². The normalized spacial score (nSPS) is 23.6. The van der Waals surface area contributed by atoms with Gasteiger partial charge in [0.1, 0.15) is 22.9 Å². The van der Waals surface area contributed by atoms with E-state index in [1.807, 2.05) is 0 Å². The van der Waals surface area contributed by atoms with Crippen LogP contribution in [-0.4, -0.2) is 56.3 Å². The number of carboxylic acids is 1. The Labute approximate surface area is 121 Å². The van der Waals surface area contributed by atoms with Crippen molar-refractivity contribution < 1.29 is 31.9 Å². The van der Waals surface area contributed by atoms with Crippen LogP contribution in [0.15, 0.2) is 15.4 Å². The molecule has 0 saturated carbocycles. The van der Waals surface area contributed by atoms with E-state index < -0.39 is 34.0 Å². The molecule has 9 heteroatoms. The highest BCUT2D eigenvalue weighted by molar-refractivity contribution is 7.89. The molecule has 2 atom stereocenters. The second-order valence-electron chi connectivity index (χ2n) is 4.67. The summed E-state index contributed by atoms with van der Waals surface area (Å²) in [5.41, 5.74) is 0. The Kier molecular flexibility index (Phi) is 4.35. The lowest BCUT2D eigenvalue weighted by atomic mass is 10.3. The fraction of sp³-hybridized carbons (Fsp3) is 0.583. The highest BCUT2D eigenvalue weighted by atomic mass is 32.2. The Balaban J connectivity index is 2.38. The number of hydrogen-bond acceptors (Lipinski definition) is 5. The Morgan fingerprint density at radius 2 is 2.24 bits per heavy atom. The van der Waals surface area contributed by atoms with Crippen molar-refractivity contribution in [3.8, 4) is 0 Å². The molecule has 0 amide bonds. The Bertz CT molecular complexity index is 640. The second kappa shape index (κ2) is 5.74. The number of halogens is 1. The predicted molar refractivity (Wildman–Crippen MR) is 69.5 cm³/mol. The van der Waals surface area contributed by atoms with Gasteiger partial charge < -0.3 is 14.3 Å². The minimum Gasteiger partial charge on any atom is -0.475 e. The van der Waals surface area contributed by atoms with Gasteiger partial charge in [0.05, 0.1) is 0 Å². The summed E-state index contributed by atoms with van der Waals surface area (Å²) >= 11 is 0. The molecule has 0 aliphatic carbocycles. The van der Waals surface area contributed by atoms with E-state index in [1.54, 1.807) is 6.92 Å². The maximum atomic E-state index is 13.7. The molecule has 1 aromatic rings. The molecule has 1 N–H and O–H groups in total. The first-order chi connectivity index (χ1) is 9.81. The lowest BCUT2D eigenvalue weighted by Crippen LogP contribution is -2.30. The number of methoxy groups -OCH3 is 1. The summed E-state index contributed by atoms with van der Waals surface area (Å²) in [6.07, 6.45) is -2.03. The summed E-state index contributed by atoms with van der Waals surface area (Å²) in [5.74, 6) is -1.76. The number of furan rings is 1. The van der Waals surface area contributed by atoms with Crippen LogP contribution in [0.4, 0.5) is 4.39 Å². The fourth-order valence-corrected chi connectivity index (χ4v) is 3.93. The molecular weight excluding hydrogens is 305 g/mol. The molecule has 0 bridgehead atoms. The molecule has 1 fully saturated rings. The minimum absolute atomic E-state index is 0.0451. The monoisotopic (exact) mass is 321 g/mol. The molecule has 1 aliphatic rings. The van der Waals surface area contributed by atoms with Crippen LogP contribution in [0.2, 0.25) is 0 Å².